The topological polar surface area (TPSA) is 90.1 Å². The van der Waals surface area contributed by atoms with Gasteiger partial charge in [0.25, 0.3) is 5.69 Å². The first-order valence-corrected chi connectivity index (χ1v) is 7.75. The Kier molecular flexibility index (Phi) is 3.84. The molecule has 0 bridgehead atoms. The van der Waals surface area contributed by atoms with Crippen LogP contribution in [0.2, 0.25) is 0 Å². The van der Waals surface area contributed by atoms with E-state index in [1.165, 1.54) is 13.0 Å². The summed E-state index contributed by atoms with van der Waals surface area (Å²) in [7, 11) is 0. The molecule has 0 fully saturated rings. The van der Waals surface area contributed by atoms with E-state index in [4.69, 9.17) is 0 Å². The number of nitrogens with one attached hydrogen (secondary N) is 1. The highest BCUT2D eigenvalue weighted by Gasteiger charge is 2.18. The first-order chi connectivity index (χ1) is 10.5. The van der Waals surface area contributed by atoms with Crippen molar-refractivity contribution in [1.82, 2.24) is 9.55 Å². The molecule has 0 amide bonds. The lowest BCUT2D eigenvalue weighted by Crippen LogP contribution is -2.04. The number of nitrogens with zero attached hydrogens (tertiary/aromatic N) is 3. The van der Waals surface area contributed by atoms with E-state index in [-0.39, 0.29) is 11.5 Å². The molecule has 1 aromatic heterocycles. The van der Waals surface area contributed by atoms with Gasteiger partial charge in [-0.05, 0) is 19.1 Å². The molecule has 1 aliphatic heterocycles. The predicted octanol–water partition coefficient (Wildman–Crippen LogP) is 2.71. The molecule has 1 N–H and O–H groups in total. The molecule has 0 spiro atoms. The van der Waals surface area contributed by atoms with E-state index < -0.39 is 4.92 Å². The Morgan fingerprint density at radius 2 is 2.36 bits per heavy atom. The van der Waals surface area contributed by atoms with Crippen molar-refractivity contribution < 1.29 is 9.72 Å². The van der Waals surface area contributed by atoms with Crippen LogP contribution in [0, 0.1) is 10.1 Å². The third-order valence-electron chi connectivity index (χ3n) is 3.41. The zero-order valence-corrected chi connectivity index (χ0v) is 12.7. The summed E-state index contributed by atoms with van der Waals surface area (Å²) in [5.74, 6) is 0.839. The van der Waals surface area contributed by atoms with Crippen molar-refractivity contribution in [1.29, 1.82) is 0 Å². The van der Waals surface area contributed by atoms with E-state index in [9.17, 15) is 14.9 Å². The van der Waals surface area contributed by atoms with Gasteiger partial charge in [0.15, 0.2) is 10.9 Å². The van der Waals surface area contributed by atoms with E-state index in [1.54, 1.807) is 23.9 Å². The molecule has 0 saturated carbocycles. The van der Waals surface area contributed by atoms with Crippen LogP contribution in [-0.2, 0) is 13.1 Å². The predicted molar refractivity (Wildman–Crippen MR) is 83.4 cm³/mol. The minimum Gasteiger partial charge on any atom is -0.374 e. The zero-order valence-electron chi connectivity index (χ0n) is 11.9. The van der Waals surface area contributed by atoms with E-state index in [0.717, 1.165) is 23.1 Å². The molecule has 8 heteroatoms. The number of aromatic nitrogens is 2. The molecule has 1 aromatic carbocycles. The van der Waals surface area contributed by atoms with Gasteiger partial charge in [-0.25, -0.2) is 4.98 Å². The Balaban J connectivity index is 1.79. The summed E-state index contributed by atoms with van der Waals surface area (Å²) < 4.78 is 2.08. The Morgan fingerprint density at radius 1 is 1.55 bits per heavy atom. The summed E-state index contributed by atoms with van der Waals surface area (Å²) in [6.45, 7) is 2.73. The summed E-state index contributed by atoms with van der Waals surface area (Å²) in [5.41, 5.74) is 1.45. The van der Waals surface area contributed by atoms with E-state index in [2.05, 4.69) is 14.9 Å². The van der Waals surface area contributed by atoms with Crippen LogP contribution in [0.5, 0.6) is 0 Å². The number of fused-ring (bicyclic) bond motifs is 1. The fraction of sp³-hybridized carbons (Fsp3) is 0.286. The average Bonchev–Trinajstić information content (AvgIpc) is 3.05. The number of thioether (sulfide) groups is 1. The molecule has 0 aliphatic carbocycles. The second-order valence-corrected chi connectivity index (χ2v) is 6.02. The molecule has 0 radical (unpaired) electrons. The Morgan fingerprint density at radius 3 is 3.05 bits per heavy atom. The van der Waals surface area contributed by atoms with Crippen LogP contribution in [0.25, 0.3) is 0 Å². The first kappa shape index (κ1) is 14.6. The molecule has 1 aliphatic rings. The molecule has 2 heterocycles. The van der Waals surface area contributed by atoms with Gasteiger partial charge in [0.1, 0.15) is 5.69 Å². The number of benzene rings is 1. The van der Waals surface area contributed by atoms with E-state index in [0.29, 0.717) is 17.8 Å². The lowest BCUT2D eigenvalue weighted by molar-refractivity contribution is -0.384. The van der Waals surface area contributed by atoms with Crippen LogP contribution in [-0.4, -0.2) is 26.0 Å². The van der Waals surface area contributed by atoms with Crippen LogP contribution in [0.15, 0.2) is 29.6 Å². The number of aryl methyl sites for hydroxylation is 1. The SMILES string of the molecule is CC(=O)c1ccc(NCc2cn3c(n2)SCC3)c([N+](=O)[O-])c1. The standard InChI is InChI=1S/C14H14N4O3S/c1-9(19)10-2-3-12(13(6-10)18(20)21)15-7-11-8-17-4-5-22-14(17)16-11/h2-3,6,8,15H,4-5,7H2,1H3. The molecular formula is C14H14N4O3S. The minimum atomic E-state index is -0.488. The Labute approximate surface area is 130 Å². The molecule has 0 unspecified atom stereocenters. The van der Waals surface area contributed by atoms with Crippen molar-refractivity contribution in [3.05, 3.63) is 45.8 Å². The quantitative estimate of drug-likeness (QED) is 0.518. The zero-order chi connectivity index (χ0) is 15.7. The first-order valence-electron chi connectivity index (χ1n) is 6.76. The van der Waals surface area contributed by atoms with Crippen LogP contribution in [0.1, 0.15) is 23.0 Å². The summed E-state index contributed by atoms with van der Waals surface area (Å²) in [4.78, 5) is 26.5. The highest BCUT2D eigenvalue weighted by molar-refractivity contribution is 7.99. The third kappa shape index (κ3) is 2.82. The number of nitro benzene ring substituents is 1. The number of nitro groups is 1. The second kappa shape index (κ2) is 5.80. The molecule has 0 atom stereocenters. The van der Waals surface area contributed by atoms with E-state index >= 15 is 0 Å². The summed E-state index contributed by atoms with van der Waals surface area (Å²) in [6.07, 6.45) is 1.96. The molecule has 0 saturated heterocycles. The number of anilines is 1. The highest BCUT2D eigenvalue weighted by atomic mass is 32.2. The van der Waals surface area contributed by atoms with Crippen LogP contribution >= 0.6 is 11.8 Å². The Bertz CT molecular complexity index is 735. The number of carbonyl (C=O) groups excluding carboxylic acids is 1. The van der Waals surface area contributed by atoms with Gasteiger partial charge in [-0.2, -0.15) is 0 Å². The normalized spacial score (nSPS) is 13.0. The van der Waals surface area contributed by atoms with Gasteiger partial charge in [0, 0.05) is 30.1 Å². The number of imidazole rings is 1. The molecule has 114 valence electrons. The van der Waals surface area contributed by atoms with Crippen molar-refractivity contribution in [2.75, 3.05) is 11.1 Å². The molecular weight excluding hydrogens is 304 g/mol. The average molecular weight is 318 g/mol. The number of carbonyl (C=O) groups is 1. The van der Waals surface area contributed by atoms with Gasteiger partial charge in [0.2, 0.25) is 0 Å². The van der Waals surface area contributed by atoms with Crippen molar-refractivity contribution in [2.45, 2.75) is 25.2 Å². The van der Waals surface area contributed by atoms with Crippen molar-refractivity contribution in [2.24, 2.45) is 0 Å². The Hall–Kier alpha value is -2.35. The summed E-state index contributed by atoms with van der Waals surface area (Å²) in [5, 5.41) is 15.2. The van der Waals surface area contributed by atoms with Gasteiger partial charge in [-0.1, -0.05) is 11.8 Å². The second-order valence-electron chi connectivity index (χ2n) is 4.96. The summed E-state index contributed by atoms with van der Waals surface area (Å²) in [6, 6.07) is 4.45. The fourth-order valence-electron chi connectivity index (χ4n) is 2.28. The minimum absolute atomic E-state index is 0.103. The number of Topliss-reactive ketones (excluding diaryl/α,β-unsaturated/α-hetero) is 1. The van der Waals surface area contributed by atoms with Gasteiger partial charge in [-0.3, -0.25) is 14.9 Å². The summed E-state index contributed by atoms with van der Waals surface area (Å²) >= 11 is 1.70. The smallest absolute Gasteiger partial charge is 0.293 e. The monoisotopic (exact) mass is 318 g/mol. The molecule has 2 aromatic rings. The maximum Gasteiger partial charge on any atom is 0.293 e. The molecule has 3 rings (SSSR count). The number of hydrogen-bond donors (Lipinski definition) is 1. The van der Waals surface area contributed by atoms with Gasteiger partial charge in [-0.15, -0.1) is 0 Å². The van der Waals surface area contributed by atoms with Gasteiger partial charge in [0.05, 0.1) is 17.2 Å². The number of hydrogen-bond acceptors (Lipinski definition) is 6. The number of ketones is 1. The largest absolute Gasteiger partial charge is 0.374 e. The highest BCUT2D eigenvalue weighted by Crippen LogP contribution is 2.28. The van der Waals surface area contributed by atoms with Crippen LogP contribution < -0.4 is 5.32 Å². The lowest BCUT2D eigenvalue weighted by Gasteiger charge is -2.06. The third-order valence-corrected chi connectivity index (χ3v) is 4.38. The van der Waals surface area contributed by atoms with Crippen molar-refractivity contribution in [3.63, 3.8) is 0 Å². The van der Waals surface area contributed by atoms with Crippen molar-refractivity contribution >= 4 is 28.9 Å². The lowest BCUT2D eigenvalue weighted by atomic mass is 10.1. The molecule has 22 heavy (non-hydrogen) atoms. The van der Waals surface area contributed by atoms with Crippen molar-refractivity contribution in [3.8, 4) is 0 Å². The van der Waals surface area contributed by atoms with Gasteiger partial charge < -0.3 is 9.88 Å². The molecule has 7 nitrogen and oxygen atoms in total. The number of rotatable bonds is 5. The van der Waals surface area contributed by atoms with Crippen LogP contribution in [0.4, 0.5) is 11.4 Å². The maximum absolute atomic E-state index is 11.3. The van der Waals surface area contributed by atoms with E-state index in [1.807, 2.05) is 6.20 Å². The maximum atomic E-state index is 11.3. The van der Waals surface area contributed by atoms with Gasteiger partial charge >= 0.3 is 0 Å². The fourth-order valence-corrected chi connectivity index (χ4v) is 3.25. The van der Waals surface area contributed by atoms with Crippen LogP contribution in [0.3, 0.4) is 0 Å².